The van der Waals surface area contributed by atoms with Gasteiger partial charge in [-0.25, -0.2) is 8.42 Å². The quantitative estimate of drug-likeness (QED) is 0.888. The number of rotatable bonds is 2. The molecule has 0 aliphatic carbocycles. The maximum Gasteiger partial charge on any atom is 0.263 e. The van der Waals surface area contributed by atoms with Gasteiger partial charge in [0.2, 0.25) is 10.0 Å². The molecule has 7 heteroatoms. The van der Waals surface area contributed by atoms with Crippen LogP contribution in [0.4, 0.5) is 5.69 Å². The SMILES string of the molecule is CC(C)(C)NC(=O)[C@H]1CN(S(C)(=O)=O)c2ccccc2O1. The van der Waals surface area contributed by atoms with Crippen LogP contribution in [0.15, 0.2) is 24.3 Å². The summed E-state index contributed by atoms with van der Waals surface area (Å²) >= 11 is 0. The molecule has 1 aromatic rings. The van der Waals surface area contributed by atoms with Crippen molar-refractivity contribution in [3.8, 4) is 5.75 Å². The van der Waals surface area contributed by atoms with Gasteiger partial charge in [0.25, 0.3) is 5.91 Å². The Balaban J connectivity index is 2.33. The number of hydrogen-bond acceptors (Lipinski definition) is 4. The van der Waals surface area contributed by atoms with Crippen LogP contribution < -0.4 is 14.4 Å². The van der Waals surface area contributed by atoms with Crippen molar-refractivity contribution < 1.29 is 17.9 Å². The highest BCUT2D eigenvalue weighted by Gasteiger charge is 2.35. The molecule has 21 heavy (non-hydrogen) atoms. The molecular formula is C14H20N2O4S. The minimum absolute atomic E-state index is 0.0300. The zero-order valence-corrected chi connectivity index (χ0v) is 13.4. The Morgan fingerprint density at radius 1 is 1.33 bits per heavy atom. The summed E-state index contributed by atoms with van der Waals surface area (Å²) in [5, 5.41) is 2.81. The van der Waals surface area contributed by atoms with Crippen molar-refractivity contribution in [2.24, 2.45) is 0 Å². The zero-order valence-electron chi connectivity index (χ0n) is 12.6. The van der Waals surface area contributed by atoms with Gasteiger partial charge in [-0.3, -0.25) is 9.10 Å². The summed E-state index contributed by atoms with van der Waals surface area (Å²) < 4.78 is 30.7. The van der Waals surface area contributed by atoms with Crippen LogP contribution in [0.1, 0.15) is 20.8 Å². The second-order valence-corrected chi connectivity index (χ2v) is 8.01. The van der Waals surface area contributed by atoms with Crippen LogP contribution in [0, 0.1) is 0 Å². The van der Waals surface area contributed by atoms with Gasteiger partial charge in [-0.15, -0.1) is 0 Å². The average molecular weight is 312 g/mol. The standard InChI is InChI=1S/C14H20N2O4S/c1-14(2,3)15-13(17)12-9-16(21(4,18)19)10-7-5-6-8-11(10)20-12/h5-8,12H,9H2,1-4H3,(H,15,17)/t12-/m1/s1. The number of anilines is 1. The van der Waals surface area contributed by atoms with Gasteiger partial charge in [0, 0.05) is 5.54 Å². The van der Waals surface area contributed by atoms with E-state index in [0.717, 1.165) is 6.26 Å². The largest absolute Gasteiger partial charge is 0.476 e. The van der Waals surface area contributed by atoms with Gasteiger partial charge in [-0.2, -0.15) is 0 Å². The van der Waals surface area contributed by atoms with Gasteiger partial charge < -0.3 is 10.1 Å². The molecule has 1 aliphatic heterocycles. The predicted molar refractivity (Wildman–Crippen MR) is 80.9 cm³/mol. The van der Waals surface area contributed by atoms with Crippen molar-refractivity contribution in [1.29, 1.82) is 0 Å². The molecular weight excluding hydrogens is 292 g/mol. The van der Waals surface area contributed by atoms with Gasteiger partial charge in [0.1, 0.15) is 5.75 Å². The lowest BCUT2D eigenvalue weighted by molar-refractivity contribution is -0.129. The second-order valence-electron chi connectivity index (χ2n) is 6.11. The summed E-state index contributed by atoms with van der Waals surface area (Å²) in [7, 11) is -3.48. The highest BCUT2D eigenvalue weighted by atomic mass is 32.2. The van der Waals surface area contributed by atoms with Gasteiger partial charge in [0.15, 0.2) is 6.10 Å². The summed E-state index contributed by atoms with van der Waals surface area (Å²) in [6.45, 7) is 5.54. The molecule has 116 valence electrons. The van der Waals surface area contributed by atoms with Crippen LogP contribution in [0.25, 0.3) is 0 Å². The zero-order chi connectivity index (χ0) is 15.8. The van der Waals surface area contributed by atoms with Crippen molar-refractivity contribution >= 4 is 21.6 Å². The highest BCUT2D eigenvalue weighted by Crippen LogP contribution is 2.34. The number of benzene rings is 1. The Bertz CT molecular complexity index is 649. The third kappa shape index (κ3) is 3.66. The minimum Gasteiger partial charge on any atom is -0.476 e. The Morgan fingerprint density at radius 3 is 2.52 bits per heavy atom. The molecule has 1 heterocycles. The lowest BCUT2D eigenvalue weighted by Gasteiger charge is -2.35. The van der Waals surface area contributed by atoms with Gasteiger partial charge in [-0.05, 0) is 32.9 Å². The summed E-state index contributed by atoms with van der Waals surface area (Å²) in [5.74, 6) is 0.0638. The molecule has 1 amide bonds. The number of carbonyl (C=O) groups is 1. The first-order valence-corrected chi connectivity index (χ1v) is 8.48. The molecule has 0 bridgehead atoms. The smallest absolute Gasteiger partial charge is 0.263 e. The van der Waals surface area contributed by atoms with Crippen LogP contribution in [-0.2, 0) is 14.8 Å². The van der Waals surface area contributed by atoms with E-state index in [0.29, 0.717) is 11.4 Å². The monoisotopic (exact) mass is 312 g/mol. The molecule has 0 fully saturated rings. The first kappa shape index (κ1) is 15.6. The summed E-state index contributed by atoms with van der Waals surface area (Å²) in [4.78, 5) is 12.2. The molecule has 2 rings (SSSR count). The number of nitrogens with one attached hydrogen (secondary N) is 1. The van der Waals surface area contributed by atoms with E-state index in [1.807, 2.05) is 20.8 Å². The van der Waals surface area contributed by atoms with Crippen LogP contribution in [0.3, 0.4) is 0 Å². The topological polar surface area (TPSA) is 75.7 Å². The molecule has 1 aromatic carbocycles. The first-order chi connectivity index (χ1) is 9.58. The molecule has 0 aromatic heterocycles. The Kier molecular flexibility index (Phi) is 3.88. The molecule has 1 N–H and O–H groups in total. The van der Waals surface area contributed by atoms with Crippen molar-refractivity contribution in [2.45, 2.75) is 32.4 Å². The maximum absolute atomic E-state index is 12.2. The summed E-state index contributed by atoms with van der Waals surface area (Å²) in [5.41, 5.74) is 0.0488. The van der Waals surface area contributed by atoms with Crippen molar-refractivity contribution in [1.82, 2.24) is 5.32 Å². The van der Waals surface area contributed by atoms with E-state index in [-0.39, 0.29) is 12.5 Å². The van der Waals surface area contributed by atoms with Crippen molar-refractivity contribution in [3.63, 3.8) is 0 Å². The van der Waals surface area contributed by atoms with Crippen molar-refractivity contribution in [2.75, 3.05) is 17.1 Å². The van der Waals surface area contributed by atoms with Crippen LogP contribution >= 0.6 is 0 Å². The molecule has 1 atom stereocenters. The third-order valence-corrected chi connectivity index (χ3v) is 4.07. The second kappa shape index (κ2) is 5.22. The molecule has 0 unspecified atom stereocenters. The van der Waals surface area contributed by atoms with E-state index in [1.165, 1.54) is 4.31 Å². The molecule has 1 aliphatic rings. The fraction of sp³-hybridized carbons (Fsp3) is 0.500. The molecule has 0 saturated heterocycles. The first-order valence-electron chi connectivity index (χ1n) is 6.63. The highest BCUT2D eigenvalue weighted by molar-refractivity contribution is 7.92. The lowest BCUT2D eigenvalue weighted by Crippen LogP contribution is -2.54. The van der Waals surface area contributed by atoms with Gasteiger partial charge in [-0.1, -0.05) is 12.1 Å². The normalized spacial score (nSPS) is 18.7. The number of sulfonamides is 1. The number of hydrogen-bond donors (Lipinski definition) is 1. The van der Waals surface area contributed by atoms with E-state index in [9.17, 15) is 13.2 Å². The average Bonchev–Trinajstić information content (AvgIpc) is 2.34. The number of ether oxygens (including phenoxy) is 1. The summed E-state index contributed by atoms with van der Waals surface area (Å²) in [6, 6.07) is 6.79. The number of carbonyl (C=O) groups excluding carboxylic acids is 1. The van der Waals surface area contributed by atoms with Gasteiger partial charge >= 0.3 is 0 Å². The summed E-state index contributed by atoms with van der Waals surface area (Å²) in [6.07, 6.45) is 0.252. The van der Waals surface area contributed by atoms with Crippen LogP contribution in [0.5, 0.6) is 5.75 Å². The predicted octanol–water partition coefficient (Wildman–Crippen LogP) is 1.13. The number of para-hydroxylation sites is 2. The number of nitrogens with zero attached hydrogens (tertiary/aromatic N) is 1. The maximum atomic E-state index is 12.2. The Morgan fingerprint density at radius 2 is 1.95 bits per heavy atom. The van der Waals surface area contributed by atoms with E-state index in [1.54, 1.807) is 24.3 Å². The third-order valence-electron chi connectivity index (χ3n) is 2.93. The van der Waals surface area contributed by atoms with Crippen LogP contribution in [-0.4, -0.2) is 38.8 Å². The van der Waals surface area contributed by atoms with Crippen LogP contribution in [0.2, 0.25) is 0 Å². The lowest BCUT2D eigenvalue weighted by atomic mass is 10.1. The van der Waals surface area contributed by atoms with E-state index in [2.05, 4.69) is 5.32 Å². The fourth-order valence-corrected chi connectivity index (χ4v) is 3.02. The van der Waals surface area contributed by atoms with Gasteiger partial charge in [0.05, 0.1) is 18.5 Å². The molecule has 0 radical (unpaired) electrons. The van der Waals surface area contributed by atoms with E-state index >= 15 is 0 Å². The molecule has 6 nitrogen and oxygen atoms in total. The fourth-order valence-electron chi connectivity index (χ4n) is 2.10. The molecule has 0 saturated carbocycles. The Hall–Kier alpha value is -1.76. The minimum atomic E-state index is -3.48. The number of fused-ring (bicyclic) bond motifs is 1. The number of amides is 1. The van der Waals surface area contributed by atoms with E-state index < -0.39 is 21.7 Å². The van der Waals surface area contributed by atoms with E-state index in [4.69, 9.17) is 4.74 Å². The molecule has 0 spiro atoms. The Labute approximate surface area is 125 Å². The van der Waals surface area contributed by atoms with Crippen molar-refractivity contribution in [3.05, 3.63) is 24.3 Å².